The van der Waals surface area contributed by atoms with E-state index in [1.54, 1.807) is 0 Å². The van der Waals surface area contributed by atoms with Crippen molar-refractivity contribution in [3.8, 4) is 0 Å². The molecule has 1 aliphatic carbocycles. The molecule has 3 aliphatic rings. The Balaban J connectivity index is 1.54. The van der Waals surface area contributed by atoms with Crippen LogP contribution in [0.25, 0.3) is 0 Å². The highest BCUT2D eigenvalue weighted by Gasteiger charge is 2.45. The standard InChI is InChI=1S/C13H20F3NO/c14-13(15,16)8-2-1-3-9(6-8)17-11-7-10-4-5-12(11)18-10/h8-12,17H,1-7H2/t8?,9?,10-,11-,12+/m1/s1. The second-order valence-corrected chi connectivity index (χ2v) is 5.98. The lowest BCUT2D eigenvalue weighted by Crippen LogP contribution is -2.47. The first kappa shape index (κ1) is 12.7. The van der Waals surface area contributed by atoms with Gasteiger partial charge in [0, 0.05) is 12.1 Å². The van der Waals surface area contributed by atoms with E-state index in [1.807, 2.05) is 0 Å². The average Bonchev–Trinajstić information content (AvgIpc) is 2.90. The van der Waals surface area contributed by atoms with Crippen LogP contribution in [0.3, 0.4) is 0 Å². The van der Waals surface area contributed by atoms with Gasteiger partial charge in [0.05, 0.1) is 18.1 Å². The minimum absolute atomic E-state index is 0.0262. The minimum atomic E-state index is -4.02. The Hall–Kier alpha value is -0.290. The maximum absolute atomic E-state index is 12.7. The maximum Gasteiger partial charge on any atom is 0.391 e. The van der Waals surface area contributed by atoms with Gasteiger partial charge in [-0.05, 0) is 38.5 Å². The van der Waals surface area contributed by atoms with E-state index in [-0.39, 0.29) is 18.6 Å². The first-order valence-electron chi connectivity index (χ1n) is 7.00. The van der Waals surface area contributed by atoms with Crippen LogP contribution in [0.4, 0.5) is 13.2 Å². The molecule has 5 atom stereocenters. The van der Waals surface area contributed by atoms with Crippen molar-refractivity contribution in [2.75, 3.05) is 0 Å². The van der Waals surface area contributed by atoms with E-state index >= 15 is 0 Å². The van der Waals surface area contributed by atoms with Gasteiger partial charge in [-0.15, -0.1) is 0 Å². The molecular weight excluding hydrogens is 243 g/mol. The van der Waals surface area contributed by atoms with Gasteiger partial charge in [-0.3, -0.25) is 0 Å². The third kappa shape index (κ3) is 2.52. The van der Waals surface area contributed by atoms with Crippen LogP contribution in [-0.4, -0.2) is 30.5 Å². The van der Waals surface area contributed by atoms with Gasteiger partial charge in [0.25, 0.3) is 0 Å². The second-order valence-electron chi connectivity index (χ2n) is 5.98. The lowest BCUT2D eigenvalue weighted by Gasteiger charge is -2.34. The molecule has 18 heavy (non-hydrogen) atoms. The molecule has 0 aromatic rings. The normalized spacial score (nSPS) is 44.5. The SMILES string of the molecule is FC(F)(F)C1CCCC(N[C@@H]2C[C@H]3CC[C@@H]2O3)C1. The summed E-state index contributed by atoms with van der Waals surface area (Å²) in [5.74, 6) is -1.11. The number of hydrogen-bond donors (Lipinski definition) is 1. The summed E-state index contributed by atoms with van der Waals surface area (Å²) in [5.41, 5.74) is 0. The Bertz CT molecular complexity index is 307. The summed E-state index contributed by atoms with van der Waals surface area (Å²) in [6.07, 6.45) is 1.87. The highest BCUT2D eigenvalue weighted by Crippen LogP contribution is 2.39. The molecule has 0 spiro atoms. The van der Waals surface area contributed by atoms with Crippen molar-refractivity contribution >= 4 is 0 Å². The van der Waals surface area contributed by atoms with Crippen molar-refractivity contribution in [3.05, 3.63) is 0 Å². The van der Waals surface area contributed by atoms with Crippen molar-refractivity contribution in [1.29, 1.82) is 0 Å². The molecule has 3 fully saturated rings. The zero-order chi connectivity index (χ0) is 12.8. The number of halogens is 3. The van der Waals surface area contributed by atoms with Crippen LogP contribution >= 0.6 is 0 Å². The monoisotopic (exact) mass is 263 g/mol. The lowest BCUT2D eigenvalue weighted by molar-refractivity contribution is -0.184. The van der Waals surface area contributed by atoms with Crippen LogP contribution in [0.2, 0.25) is 0 Å². The molecule has 2 saturated heterocycles. The van der Waals surface area contributed by atoms with Gasteiger partial charge in [-0.1, -0.05) is 6.42 Å². The molecule has 1 saturated carbocycles. The predicted molar refractivity (Wildman–Crippen MR) is 61.2 cm³/mol. The van der Waals surface area contributed by atoms with Crippen LogP contribution in [0.5, 0.6) is 0 Å². The summed E-state index contributed by atoms with van der Waals surface area (Å²) in [7, 11) is 0. The summed E-state index contributed by atoms with van der Waals surface area (Å²) in [6, 6.07) is 0.319. The fourth-order valence-electron chi connectivity index (χ4n) is 3.75. The third-order valence-corrected chi connectivity index (χ3v) is 4.69. The molecule has 3 rings (SSSR count). The van der Waals surface area contributed by atoms with E-state index in [1.165, 1.54) is 0 Å². The van der Waals surface area contributed by atoms with Gasteiger partial charge >= 0.3 is 6.18 Å². The smallest absolute Gasteiger partial charge is 0.373 e. The summed E-state index contributed by atoms with van der Waals surface area (Å²) in [5, 5.41) is 3.43. The van der Waals surface area contributed by atoms with E-state index in [9.17, 15) is 13.2 Å². The van der Waals surface area contributed by atoms with Crippen LogP contribution in [0, 0.1) is 5.92 Å². The molecule has 2 nitrogen and oxygen atoms in total. The van der Waals surface area contributed by atoms with Gasteiger partial charge in [0.2, 0.25) is 0 Å². The summed E-state index contributed by atoms with van der Waals surface area (Å²) >= 11 is 0. The van der Waals surface area contributed by atoms with Gasteiger partial charge in [0.15, 0.2) is 0 Å². The van der Waals surface area contributed by atoms with E-state index in [2.05, 4.69) is 5.32 Å². The number of alkyl halides is 3. The van der Waals surface area contributed by atoms with Gasteiger partial charge in [0.1, 0.15) is 0 Å². The number of rotatable bonds is 2. The highest BCUT2D eigenvalue weighted by molar-refractivity contribution is 4.96. The van der Waals surface area contributed by atoms with Crippen LogP contribution in [0.1, 0.15) is 44.9 Å². The molecule has 0 aromatic carbocycles. The fraction of sp³-hybridized carbons (Fsp3) is 1.00. The zero-order valence-electron chi connectivity index (χ0n) is 10.4. The predicted octanol–water partition coefficient (Wildman–Crippen LogP) is 3.02. The van der Waals surface area contributed by atoms with Crippen molar-refractivity contribution in [2.24, 2.45) is 5.92 Å². The molecule has 104 valence electrons. The molecule has 1 N–H and O–H groups in total. The van der Waals surface area contributed by atoms with Crippen molar-refractivity contribution in [2.45, 2.75) is 75.4 Å². The zero-order valence-corrected chi connectivity index (χ0v) is 10.4. The lowest BCUT2D eigenvalue weighted by atomic mass is 9.84. The minimum Gasteiger partial charge on any atom is -0.373 e. The van der Waals surface area contributed by atoms with Gasteiger partial charge in [-0.2, -0.15) is 13.2 Å². The molecule has 0 radical (unpaired) electrons. The van der Waals surface area contributed by atoms with E-state index < -0.39 is 12.1 Å². The van der Waals surface area contributed by atoms with Gasteiger partial charge < -0.3 is 10.1 Å². The summed E-state index contributed by atoms with van der Waals surface area (Å²) in [4.78, 5) is 0. The summed E-state index contributed by atoms with van der Waals surface area (Å²) in [6.45, 7) is 0. The van der Waals surface area contributed by atoms with Crippen molar-refractivity contribution in [1.82, 2.24) is 5.32 Å². The largest absolute Gasteiger partial charge is 0.391 e. The molecule has 0 aromatic heterocycles. The van der Waals surface area contributed by atoms with E-state index in [4.69, 9.17) is 4.74 Å². The molecule has 2 bridgehead atoms. The summed E-state index contributed by atoms with van der Waals surface area (Å²) < 4.78 is 43.9. The number of hydrogen-bond acceptors (Lipinski definition) is 2. The molecule has 0 amide bonds. The Morgan fingerprint density at radius 3 is 2.44 bits per heavy atom. The van der Waals surface area contributed by atoms with Crippen molar-refractivity contribution in [3.63, 3.8) is 0 Å². The molecule has 5 heteroatoms. The van der Waals surface area contributed by atoms with Crippen molar-refractivity contribution < 1.29 is 17.9 Å². The Kier molecular flexibility index (Phi) is 3.30. The third-order valence-electron chi connectivity index (χ3n) is 4.69. The van der Waals surface area contributed by atoms with Gasteiger partial charge in [-0.25, -0.2) is 0 Å². The van der Waals surface area contributed by atoms with Crippen LogP contribution in [0.15, 0.2) is 0 Å². The fourth-order valence-corrected chi connectivity index (χ4v) is 3.75. The van der Waals surface area contributed by atoms with Crippen LogP contribution < -0.4 is 5.32 Å². The highest BCUT2D eigenvalue weighted by atomic mass is 19.4. The Labute approximate surface area is 105 Å². The second kappa shape index (κ2) is 4.67. The number of fused-ring (bicyclic) bond motifs is 2. The molecule has 2 heterocycles. The Morgan fingerprint density at radius 1 is 1.00 bits per heavy atom. The molecular formula is C13H20F3NO. The Morgan fingerprint density at radius 2 is 1.83 bits per heavy atom. The molecule has 2 aliphatic heterocycles. The first-order valence-corrected chi connectivity index (χ1v) is 7.00. The topological polar surface area (TPSA) is 21.3 Å². The maximum atomic E-state index is 12.7. The van der Waals surface area contributed by atoms with E-state index in [0.29, 0.717) is 25.0 Å². The van der Waals surface area contributed by atoms with E-state index in [0.717, 1.165) is 25.7 Å². The number of ether oxygens (including phenoxy) is 1. The number of nitrogens with one attached hydrogen (secondary N) is 1. The molecule has 2 unspecified atom stereocenters. The quantitative estimate of drug-likeness (QED) is 0.827. The van der Waals surface area contributed by atoms with Crippen LogP contribution in [-0.2, 0) is 4.74 Å². The first-order chi connectivity index (χ1) is 8.52. The average molecular weight is 263 g/mol.